The van der Waals surface area contributed by atoms with Crippen molar-refractivity contribution >= 4 is 11.9 Å². The van der Waals surface area contributed by atoms with Gasteiger partial charge in [0.1, 0.15) is 0 Å². The summed E-state index contributed by atoms with van der Waals surface area (Å²) >= 11 is 0. The third-order valence-corrected chi connectivity index (χ3v) is 0.642. The minimum Gasteiger partial charge on any atom is -0.545 e. The van der Waals surface area contributed by atoms with Crippen LogP contribution in [0.3, 0.4) is 0 Å². The second-order valence-electron chi connectivity index (χ2n) is 1.40. The summed E-state index contributed by atoms with van der Waals surface area (Å²) in [6, 6.07) is 0. The molecule has 0 saturated heterocycles. The van der Waals surface area contributed by atoms with Gasteiger partial charge in [-0.2, -0.15) is 0 Å². The number of carboxylic acids is 1. The van der Waals surface area contributed by atoms with E-state index in [1.807, 2.05) is 0 Å². The van der Waals surface area contributed by atoms with Gasteiger partial charge in [0.25, 0.3) is 0 Å². The summed E-state index contributed by atoms with van der Waals surface area (Å²) in [4.78, 5) is 20.0. The predicted octanol–water partition coefficient (Wildman–Crippen LogP) is -1.14. The maximum atomic E-state index is 10.3. The van der Waals surface area contributed by atoms with E-state index in [0.717, 1.165) is 6.08 Å². The number of carboxylic acid groups (broad SMARTS) is 1. The van der Waals surface area contributed by atoms with E-state index in [-0.39, 0.29) is 47.0 Å². The van der Waals surface area contributed by atoms with Gasteiger partial charge in [-0.25, -0.2) is 4.79 Å². The molecule has 0 atom stereocenters. The fraction of sp³-hybridized carbons (Fsp3) is 0.333. The minimum atomic E-state index is -1.41. The van der Waals surface area contributed by atoms with Crippen molar-refractivity contribution in [1.29, 1.82) is 0 Å². The van der Waals surface area contributed by atoms with Crippen molar-refractivity contribution in [3.63, 3.8) is 0 Å². The van der Waals surface area contributed by atoms with Crippen LogP contribution in [0.2, 0.25) is 0 Å². The number of carbonyl (C=O) groups is 2. The smallest absolute Gasteiger partial charge is 0.330 e. The monoisotopic (exact) mass is 295 g/mol. The number of aliphatic carboxylic acids is 1. The first-order valence-corrected chi connectivity index (χ1v) is 2.72. The van der Waals surface area contributed by atoms with Crippen LogP contribution >= 0.6 is 0 Å². The molecule has 0 amide bonds. The van der Waals surface area contributed by atoms with E-state index in [0.29, 0.717) is 6.08 Å². The standard InChI is InChI=1S/C6H8O4.Sm/c1-2-10-6(9)4-3-5(7)8;/h3-4H,2H2,1H3,(H,7,8);/p-1/b4-3-;. The van der Waals surface area contributed by atoms with Gasteiger partial charge in [0.2, 0.25) is 0 Å². The minimum absolute atomic E-state index is 0. The number of esters is 1. The van der Waals surface area contributed by atoms with Gasteiger partial charge < -0.3 is 14.6 Å². The Kier molecular flexibility index (Phi) is 10.0. The summed E-state index contributed by atoms with van der Waals surface area (Å²) in [5, 5.41) is 9.70. The van der Waals surface area contributed by atoms with Gasteiger partial charge in [-0.15, -0.1) is 0 Å². The van der Waals surface area contributed by atoms with E-state index < -0.39 is 11.9 Å². The molecule has 0 aliphatic carbocycles. The van der Waals surface area contributed by atoms with Crippen LogP contribution in [0.4, 0.5) is 0 Å². The third-order valence-electron chi connectivity index (χ3n) is 0.642. The van der Waals surface area contributed by atoms with Crippen LogP contribution in [-0.4, -0.2) is 18.5 Å². The van der Waals surface area contributed by atoms with Gasteiger partial charge in [-0.1, -0.05) is 0 Å². The van der Waals surface area contributed by atoms with Crippen LogP contribution in [0.15, 0.2) is 12.2 Å². The van der Waals surface area contributed by atoms with Crippen LogP contribution in [0.5, 0.6) is 0 Å². The van der Waals surface area contributed by atoms with Crippen LogP contribution in [-0.2, 0) is 14.3 Å². The van der Waals surface area contributed by atoms with Crippen molar-refractivity contribution in [2.24, 2.45) is 0 Å². The molecule has 0 fully saturated rings. The molecule has 5 heteroatoms. The molecule has 0 heterocycles. The topological polar surface area (TPSA) is 66.4 Å². The molecular formula is C6H7O4Sm-. The molecule has 0 radical (unpaired) electrons. The van der Waals surface area contributed by atoms with E-state index in [9.17, 15) is 14.7 Å². The summed E-state index contributed by atoms with van der Waals surface area (Å²) in [5.74, 6) is -2.08. The maximum absolute atomic E-state index is 10.3. The summed E-state index contributed by atoms with van der Waals surface area (Å²) in [6.45, 7) is 1.86. The van der Waals surface area contributed by atoms with Crippen molar-refractivity contribution in [2.75, 3.05) is 6.61 Å². The van der Waals surface area contributed by atoms with E-state index in [4.69, 9.17) is 0 Å². The quantitative estimate of drug-likeness (QED) is 0.487. The first-order chi connectivity index (χ1) is 4.66. The molecule has 0 spiro atoms. The molecule has 0 rings (SSSR count). The SMILES string of the molecule is CCOC(=O)/C=C\C(=O)[O-].[Sm]. The van der Waals surface area contributed by atoms with Crippen molar-refractivity contribution in [3.05, 3.63) is 12.2 Å². The number of carbonyl (C=O) groups excluding carboxylic acids is 2. The molecule has 0 saturated carbocycles. The van der Waals surface area contributed by atoms with E-state index in [1.54, 1.807) is 6.92 Å². The molecular weight excluding hydrogens is 286 g/mol. The van der Waals surface area contributed by atoms with E-state index >= 15 is 0 Å². The summed E-state index contributed by atoms with van der Waals surface area (Å²) < 4.78 is 4.38. The van der Waals surface area contributed by atoms with Gasteiger partial charge in [0.05, 0.1) is 12.6 Å². The Morgan fingerprint density at radius 2 is 2.00 bits per heavy atom. The summed E-state index contributed by atoms with van der Waals surface area (Å²) in [7, 11) is 0. The Bertz CT molecular complexity index is 164. The maximum Gasteiger partial charge on any atom is 0.330 e. The number of hydrogen-bond acceptors (Lipinski definition) is 4. The predicted molar refractivity (Wildman–Crippen MR) is 30.8 cm³/mol. The fourth-order valence-electron chi connectivity index (χ4n) is 0.326. The zero-order valence-electron chi connectivity index (χ0n) is 5.90. The van der Waals surface area contributed by atoms with E-state index in [2.05, 4.69) is 4.74 Å². The molecule has 4 nitrogen and oxygen atoms in total. The first kappa shape index (κ1) is 13.6. The zero-order valence-corrected chi connectivity index (χ0v) is 8.52. The number of rotatable bonds is 3. The third kappa shape index (κ3) is 10.0. The van der Waals surface area contributed by atoms with Gasteiger partial charge in [-0.05, 0) is 13.0 Å². The Morgan fingerprint density at radius 1 is 1.45 bits per heavy atom. The second kappa shape index (κ2) is 8.12. The molecule has 0 aromatic heterocycles. The number of ether oxygens (including phenoxy) is 1. The second-order valence-corrected chi connectivity index (χ2v) is 1.40. The molecule has 62 valence electrons. The fourth-order valence-corrected chi connectivity index (χ4v) is 0.326. The zero-order chi connectivity index (χ0) is 7.98. The molecule has 0 aromatic carbocycles. The van der Waals surface area contributed by atoms with Gasteiger partial charge in [-0.3, -0.25) is 0 Å². The van der Waals surface area contributed by atoms with Gasteiger partial charge in [0, 0.05) is 46.5 Å². The molecule has 0 aromatic rings. The normalized spacial score (nSPS) is 8.82. The Labute approximate surface area is 96.7 Å². The largest absolute Gasteiger partial charge is 0.545 e. The molecule has 0 bridgehead atoms. The van der Waals surface area contributed by atoms with E-state index in [1.165, 1.54) is 0 Å². The molecule has 0 aliphatic heterocycles. The van der Waals surface area contributed by atoms with Crippen LogP contribution in [0.1, 0.15) is 6.92 Å². The average molecular weight is 293 g/mol. The van der Waals surface area contributed by atoms with Crippen molar-refractivity contribution in [1.82, 2.24) is 0 Å². The van der Waals surface area contributed by atoms with Crippen LogP contribution < -0.4 is 5.11 Å². The molecule has 0 unspecified atom stereocenters. The van der Waals surface area contributed by atoms with Crippen molar-refractivity contribution < 1.29 is 59.8 Å². The van der Waals surface area contributed by atoms with Gasteiger partial charge in [0.15, 0.2) is 0 Å². The Morgan fingerprint density at radius 3 is 2.36 bits per heavy atom. The Balaban J connectivity index is 0. The van der Waals surface area contributed by atoms with Crippen molar-refractivity contribution in [2.45, 2.75) is 6.92 Å². The van der Waals surface area contributed by atoms with Crippen molar-refractivity contribution in [3.8, 4) is 0 Å². The average Bonchev–Trinajstić information content (AvgIpc) is 1.85. The molecule has 11 heavy (non-hydrogen) atoms. The van der Waals surface area contributed by atoms with Gasteiger partial charge >= 0.3 is 5.97 Å². The van der Waals surface area contributed by atoms with Crippen LogP contribution in [0, 0.1) is 40.4 Å². The Hall–Kier alpha value is 0.0177. The molecule has 0 N–H and O–H groups in total. The summed E-state index contributed by atoms with van der Waals surface area (Å²) in [5.41, 5.74) is 0. The van der Waals surface area contributed by atoms with Crippen LogP contribution in [0.25, 0.3) is 0 Å². The molecule has 0 aliphatic rings. The number of hydrogen-bond donors (Lipinski definition) is 0. The summed E-state index contributed by atoms with van der Waals surface area (Å²) in [6.07, 6.45) is 1.43. The first-order valence-electron chi connectivity index (χ1n) is 2.72.